The van der Waals surface area contributed by atoms with Crippen LogP contribution in [0.2, 0.25) is 0 Å². The number of ether oxygens (including phenoxy) is 2. The zero-order valence-electron chi connectivity index (χ0n) is 8.78. The lowest BCUT2D eigenvalue weighted by Gasteiger charge is -1.95. The molecule has 1 heterocycles. The van der Waals surface area contributed by atoms with Crippen LogP contribution in [0.15, 0.2) is 27.5 Å². The SMILES string of the molecule is COCOc1nc2cc(S(=O)(=O)O)ccc2o1. The molecule has 0 spiro atoms. The van der Waals surface area contributed by atoms with Gasteiger partial charge in [-0.05, 0) is 18.2 Å². The zero-order valence-corrected chi connectivity index (χ0v) is 9.60. The van der Waals surface area contributed by atoms with Crippen molar-refractivity contribution < 1.29 is 26.9 Å². The smallest absolute Gasteiger partial charge is 0.396 e. The van der Waals surface area contributed by atoms with Gasteiger partial charge in [-0.1, -0.05) is 0 Å². The van der Waals surface area contributed by atoms with Gasteiger partial charge in [0.1, 0.15) is 5.52 Å². The van der Waals surface area contributed by atoms with Crippen LogP contribution in [0.25, 0.3) is 11.1 Å². The number of aromatic nitrogens is 1. The van der Waals surface area contributed by atoms with E-state index in [4.69, 9.17) is 13.7 Å². The van der Waals surface area contributed by atoms with Gasteiger partial charge in [0.15, 0.2) is 12.4 Å². The molecule has 0 unspecified atom stereocenters. The van der Waals surface area contributed by atoms with Gasteiger partial charge in [0, 0.05) is 7.11 Å². The van der Waals surface area contributed by atoms with Gasteiger partial charge in [0.05, 0.1) is 4.90 Å². The highest BCUT2D eigenvalue weighted by atomic mass is 32.2. The molecule has 1 aromatic carbocycles. The molecule has 92 valence electrons. The van der Waals surface area contributed by atoms with Gasteiger partial charge >= 0.3 is 6.08 Å². The monoisotopic (exact) mass is 259 g/mol. The van der Waals surface area contributed by atoms with E-state index in [1.54, 1.807) is 0 Å². The third-order valence-corrected chi connectivity index (χ3v) is 2.79. The van der Waals surface area contributed by atoms with E-state index in [1.165, 1.54) is 25.3 Å². The van der Waals surface area contributed by atoms with E-state index in [9.17, 15) is 8.42 Å². The molecule has 17 heavy (non-hydrogen) atoms. The number of methoxy groups -OCH3 is 1. The van der Waals surface area contributed by atoms with Crippen molar-refractivity contribution in [2.24, 2.45) is 0 Å². The highest BCUT2D eigenvalue weighted by molar-refractivity contribution is 7.85. The molecule has 0 saturated carbocycles. The minimum atomic E-state index is -4.25. The molecule has 0 saturated heterocycles. The Balaban J connectivity index is 2.41. The maximum atomic E-state index is 10.9. The van der Waals surface area contributed by atoms with Crippen molar-refractivity contribution in [3.63, 3.8) is 0 Å². The normalized spacial score (nSPS) is 11.9. The Morgan fingerprint density at radius 3 is 2.88 bits per heavy atom. The van der Waals surface area contributed by atoms with Crippen LogP contribution in [0.3, 0.4) is 0 Å². The lowest BCUT2D eigenvalue weighted by Crippen LogP contribution is -1.98. The first-order chi connectivity index (χ1) is 8.00. The van der Waals surface area contributed by atoms with Crippen LogP contribution in [0.4, 0.5) is 0 Å². The minimum absolute atomic E-state index is 0.0298. The zero-order chi connectivity index (χ0) is 12.5. The quantitative estimate of drug-likeness (QED) is 0.647. The second kappa shape index (κ2) is 4.32. The van der Waals surface area contributed by atoms with E-state index in [0.717, 1.165) is 0 Å². The number of oxazole rings is 1. The van der Waals surface area contributed by atoms with E-state index in [1.807, 2.05) is 0 Å². The maximum absolute atomic E-state index is 10.9. The third kappa shape index (κ3) is 2.54. The number of fused-ring (bicyclic) bond motifs is 1. The van der Waals surface area contributed by atoms with Gasteiger partial charge in [-0.15, -0.1) is 0 Å². The first kappa shape index (κ1) is 11.8. The van der Waals surface area contributed by atoms with Crippen LogP contribution in [0.1, 0.15) is 0 Å². The number of benzene rings is 1. The van der Waals surface area contributed by atoms with Gasteiger partial charge < -0.3 is 13.9 Å². The maximum Gasteiger partial charge on any atom is 0.396 e. The first-order valence-corrected chi connectivity index (χ1v) is 5.94. The first-order valence-electron chi connectivity index (χ1n) is 4.50. The van der Waals surface area contributed by atoms with E-state index in [2.05, 4.69) is 9.72 Å². The summed E-state index contributed by atoms with van der Waals surface area (Å²) in [6.45, 7) is -0.0298. The molecule has 2 rings (SSSR count). The van der Waals surface area contributed by atoms with Gasteiger partial charge in [-0.25, -0.2) is 0 Å². The van der Waals surface area contributed by atoms with Crippen molar-refractivity contribution in [2.75, 3.05) is 13.9 Å². The molecule has 2 aromatic rings. The lowest BCUT2D eigenvalue weighted by molar-refractivity contribution is 0.0313. The van der Waals surface area contributed by atoms with Gasteiger partial charge in [-0.2, -0.15) is 13.4 Å². The van der Waals surface area contributed by atoms with Crippen LogP contribution in [0.5, 0.6) is 6.08 Å². The summed E-state index contributed by atoms with van der Waals surface area (Å²) in [6.07, 6.45) is -0.0330. The Morgan fingerprint density at radius 1 is 1.47 bits per heavy atom. The van der Waals surface area contributed by atoms with Crippen LogP contribution in [0, 0.1) is 0 Å². The fourth-order valence-corrected chi connectivity index (χ4v) is 1.72. The van der Waals surface area contributed by atoms with E-state index in [0.29, 0.717) is 5.58 Å². The average Bonchev–Trinajstić information content (AvgIpc) is 2.66. The largest absolute Gasteiger partial charge is 0.423 e. The summed E-state index contributed by atoms with van der Waals surface area (Å²) in [4.78, 5) is 3.63. The predicted octanol–water partition coefficient (Wildman–Crippen LogP) is 1.06. The highest BCUT2D eigenvalue weighted by Crippen LogP contribution is 2.23. The average molecular weight is 259 g/mol. The van der Waals surface area contributed by atoms with Crippen LogP contribution < -0.4 is 4.74 Å². The molecule has 0 bridgehead atoms. The summed E-state index contributed by atoms with van der Waals surface area (Å²) in [7, 11) is -2.81. The molecule has 7 nitrogen and oxygen atoms in total. The highest BCUT2D eigenvalue weighted by Gasteiger charge is 2.13. The van der Waals surface area contributed by atoms with E-state index >= 15 is 0 Å². The molecular weight excluding hydrogens is 250 g/mol. The summed E-state index contributed by atoms with van der Waals surface area (Å²) in [5, 5.41) is 0. The Morgan fingerprint density at radius 2 is 2.24 bits per heavy atom. The Bertz CT molecular complexity index is 632. The molecule has 1 aromatic heterocycles. The molecule has 0 amide bonds. The van der Waals surface area contributed by atoms with Crippen molar-refractivity contribution in [1.29, 1.82) is 0 Å². The molecule has 0 radical (unpaired) electrons. The fraction of sp³-hybridized carbons (Fsp3) is 0.222. The number of nitrogens with zero attached hydrogens (tertiary/aromatic N) is 1. The molecule has 0 aliphatic carbocycles. The van der Waals surface area contributed by atoms with Crippen molar-refractivity contribution >= 4 is 21.2 Å². The Hall–Kier alpha value is -1.64. The molecule has 0 atom stereocenters. The second-order valence-electron chi connectivity index (χ2n) is 3.14. The number of hydrogen-bond donors (Lipinski definition) is 1. The van der Waals surface area contributed by atoms with E-state index in [-0.39, 0.29) is 23.3 Å². The van der Waals surface area contributed by atoms with Gasteiger partial charge in [-0.3, -0.25) is 4.55 Å². The Kier molecular flexibility index (Phi) is 3.01. The second-order valence-corrected chi connectivity index (χ2v) is 4.56. The van der Waals surface area contributed by atoms with Crippen molar-refractivity contribution in [1.82, 2.24) is 4.98 Å². The summed E-state index contributed by atoms with van der Waals surface area (Å²) in [5.41, 5.74) is 0.620. The summed E-state index contributed by atoms with van der Waals surface area (Å²) in [6, 6.07) is 3.78. The summed E-state index contributed by atoms with van der Waals surface area (Å²) < 4.78 is 45.4. The molecule has 0 fully saturated rings. The molecule has 0 aliphatic rings. The molecule has 8 heteroatoms. The van der Waals surface area contributed by atoms with Crippen molar-refractivity contribution in [3.05, 3.63) is 18.2 Å². The standard InChI is InChI=1S/C9H9NO6S/c1-14-5-15-9-10-7-4-6(17(11,12)13)2-3-8(7)16-9/h2-4H,5H2,1H3,(H,11,12,13). The number of hydrogen-bond acceptors (Lipinski definition) is 6. The number of rotatable bonds is 4. The fourth-order valence-electron chi connectivity index (χ4n) is 1.22. The van der Waals surface area contributed by atoms with Crippen molar-refractivity contribution in [2.45, 2.75) is 4.90 Å². The molecular formula is C9H9NO6S. The van der Waals surface area contributed by atoms with Gasteiger partial charge in [0.2, 0.25) is 0 Å². The van der Waals surface area contributed by atoms with Crippen molar-refractivity contribution in [3.8, 4) is 6.08 Å². The van der Waals surface area contributed by atoms with E-state index < -0.39 is 10.1 Å². The summed E-state index contributed by atoms with van der Waals surface area (Å²) in [5.74, 6) is 0. The summed E-state index contributed by atoms with van der Waals surface area (Å²) >= 11 is 0. The van der Waals surface area contributed by atoms with Crippen LogP contribution in [-0.2, 0) is 14.9 Å². The van der Waals surface area contributed by atoms with Crippen LogP contribution >= 0.6 is 0 Å². The minimum Gasteiger partial charge on any atom is -0.423 e. The third-order valence-electron chi connectivity index (χ3n) is 1.94. The molecule has 0 aliphatic heterocycles. The Labute approximate surface area is 96.7 Å². The molecule has 1 N–H and O–H groups in total. The van der Waals surface area contributed by atoms with Crippen LogP contribution in [-0.4, -0.2) is 31.9 Å². The topological polar surface area (TPSA) is 98.9 Å². The lowest BCUT2D eigenvalue weighted by atomic mass is 10.3. The van der Waals surface area contributed by atoms with Gasteiger partial charge in [0.25, 0.3) is 10.1 Å². The predicted molar refractivity (Wildman–Crippen MR) is 56.3 cm³/mol.